The van der Waals surface area contributed by atoms with Crippen LogP contribution in [0.2, 0.25) is 0 Å². The first-order valence-corrected chi connectivity index (χ1v) is 4.99. The lowest BCUT2D eigenvalue weighted by atomic mass is 10.1. The fourth-order valence-electron chi connectivity index (χ4n) is 1.40. The molecule has 0 radical (unpaired) electrons. The molecule has 1 aromatic rings. The van der Waals surface area contributed by atoms with Crippen molar-refractivity contribution in [1.82, 2.24) is 0 Å². The summed E-state index contributed by atoms with van der Waals surface area (Å²) >= 11 is 0. The molecule has 1 atom stereocenters. The molecule has 0 amide bonds. The van der Waals surface area contributed by atoms with E-state index in [0.29, 0.717) is 6.04 Å². The number of nitrogens with two attached hydrogens (primary N) is 1. The van der Waals surface area contributed by atoms with Crippen LogP contribution in [0.5, 0.6) is 0 Å². The molecule has 0 spiro atoms. The van der Waals surface area contributed by atoms with Crippen LogP contribution in [-0.4, -0.2) is 17.8 Å². The Bertz CT molecular complexity index is 276. The van der Waals surface area contributed by atoms with Gasteiger partial charge in [0.15, 0.2) is 0 Å². The molecule has 0 aliphatic rings. The average molecular weight is 194 g/mol. The Morgan fingerprint density at radius 1 is 1.50 bits per heavy atom. The fourth-order valence-corrected chi connectivity index (χ4v) is 1.40. The van der Waals surface area contributed by atoms with Crippen molar-refractivity contribution in [2.75, 3.05) is 17.7 Å². The molecule has 0 aliphatic carbocycles. The molecule has 0 aliphatic heterocycles. The molecule has 1 aromatic carbocycles. The lowest BCUT2D eigenvalue weighted by Gasteiger charge is -2.17. The maximum Gasteiger partial charge on any atom is 0.0450 e. The second kappa shape index (κ2) is 5.50. The van der Waals surface area contributed by atoms with Crippen LogP contribution >= 0.6 is 0 Å². The quantitative estimate of drug-likeness (QED) is 0.627. The Kier molecular flexibility index (Phi) is 4.26. The zero-order chi connectivity index (χ0) is 10.4. The van der Waals surface area contributed by atoms with Crippen LogP contribution in [0.25, 0.3) is 0 Å². The summed E-state index contributed by atoms with van der Waals surface area (Å²) in [5.41, 5.74) is 7.44. The summed E-state index contributed by atoms with van der Waals surface area (Å²) in [6.45, 7) is 2.31. The first-order chi connectivity index (χ1) is 6.76. The van der Waals surface area contributed by atoms with Crippen LogP contribution in [0.15, 0.2) is 24.3 Å². The van der Waals surface area contributed by atoms with Crippen LogP contribution in [0.4, 0.5) is 11.4 Å². The number of nitrogens with one attached hydrogen (secondary N) is 1. The third-order valence-corrected chi connectivity index (χ3v) is 2.23. The predicted octanol–water partition coefficient (Wildman–Crippen LogP) is 1.84. The van der Waals surface area contributed by atoms with Crippen LogP contribution in [0.3, 0.4) is 0 Å². The highest BCUT2D eigenvalue weighted by atomic mass is 16.3. The molecular formula is C11H18N2O. The lowest BCUT2D eigenvalue weighted by molar-refractivity contribution is 0.278. The van der Waals surface area contributed by atoms with Crippen molar-refractivity contribution in [2.24, 2.45) is 0 Å². The molecule has 3 heteroatoms. The minimum absolute atomic E-state index is 0.216. The van der Waals surface area contributed by atoms with E-state index in [0.717, 1.165) is 24.2 Å². The fraction of sp³-hybridized carbons (Fsp3) is 0.455. The van der Waals surface area contributed by atoms with Crippen LogP contribution in [-0.2, 0) is 0 Å². The Hall–Kier alpha value is -1.22. The highest BCUT2D eigenvalue weighted by Crippen LogP contribution is 2.14. The van der Waals surface area contributed by atoms with Gasteiger partial charge in [0.1, 0.15) is 0 Å². The molecule has 3 nitrogen and oxygen atoms in total. The van der Waals surface area contributed by atoms with Gasteiger partial charge in [0.25, 0.3) is 0 Å². The van der Waals surface area contributed by atoms with Crippen molar-refractivity contribution in [2.45, 2.75) is 25.8 Å². The molecule has 0 heterocycles. The molecule has 0 saturated carbocycles. The van der Waals surface area contributed by atoms with Gasteiger partial charge in [0.2, 0.25) is 0 Å². The summed E-state index contributed by atoms with van der Waals surface area (Å²) in [4.78, 5) is 0. The van der Waals surface area contributed by atoms with E-state index in [9.17, 15) is 0 Å². The van der Waals surface area contributed by atoms with Gasteiger partial charge in [-0.05, 0) is 31.0 Å². The summed E-state index contributed by atoms with van der Waals surface area (Å²) in [6, 6.07) is 7.99. The van der Waals surface area contributed by atoms with Crippen molar-refractivity contribution in [3.8, 4) is 0 Å². The van der Waals surface area contributed by atoms with E-state index >= 15 is 0 Å². The Balaban J connectivity index is 2.57. The molecule has 0 aromatic heterocycles. The molecule has 1 unspecified atom stereocenters. The van der Waals surface area contributed by atoms with Gasteiger partial charge in [-0.1, -0.05) is 13.0 Å². The number of hydrogen-bond acceptors (Lipinski definition) is 3. The van der Waals surface area contributed by atoms with E-state index in [1.807, 2.05) is 24.3 Å². The van der Waals surface area contributed by atoms with Gasteiger partial charge < -0.3 is 16.2 Å². The standard InChI is InChI=1S/C11H18N2O/c1-2-10(6-7-14)13-11-5-3-4-9(12)8-11/h3-5,8,10,13-14H,2,6-7,12H2,1H3. The summed E-state index contributed by atoms with van der Waals surface area (Å²) in [7, 11) is 0. The number of rotatable bonds is 5. The van der Waals surface area contributed by atoms with E-state index in [2.05, 4.69) is 12.2 Å². The summed E-state index contributed by atoms with van der Waals surface area (Å²) in [5, 5.41) is 12.2. The normalized spacial score (nSPS) is 12.4. The Morgan fingerprint density at radius 3 is 2.86 bits per heavy atom. The van der Waals surface area contributed by atoms with Crippen molar-refractivity contribution in [3.63, 3.8) is 0 Å². The first kappa shape index (κ1) is 10.9. The third kappa shape index (κ3) is 3.26. The van der Waals surface area contributed by atoms with Gasteiger partial charge in [0.05, 0.1) is 0 Å². The van der Waals surface area contributed by atoms with Gasteiger partial charge in [-0.2, -0.15) is 0 Å². The number of hydrogen-bond donors (Lipinski definition) is 3. The molecule has 78 valence electrons. The number of nitrogen functional groups attached to an aromatic ring is 1. The second-order valence-electron chi connectivity index (χ2n) is 3.39. The maximum atomic E-state index is 8.84. The third-order valence-electron chi connectivity index (χ3n) is 2.23. The van der Waals surface area contributed by atoms with Gasteiger partial charge in [0, 0.05) is 24.0 Å². The summed E-state index contributed by atoms with van der Waals surface area (Å²) in [6.07, 6.45) is 1.76. The van der Waals surface area contributed by atoms with E-state index in [4.69, 9.17) is 10.8 Å². The highest BCUT2D eigenvalue weighted by Gasteiger charge is 2.04. The van der Waals surface area contributed by atoms with Crippen LogP contribution in [0.1, 0.15) is 19.8 Å². The Morgan fingerprint density at radius 2 is 2.29 bits per heavy atom. The number of aliphatic hydroxyl groups is 1. The van der Waals surface area contributed by atoms with Crippen LogP contribution in [0, 0.1) is 0 Å². The van der Waals surface area contributed by atoms with Crippen molar-refractivity contribution in [3.05, 3.63) is 24.3 Å². The summed E-state index contributed by atoms with van der Waals surface area (Å²) in [5.74, 6) is 0. The van der Waals surface area contributed by atoms with Gasteiger partial charge >= 0.3 is 0 Å². The minimum Gasteiger partial charge on any atom is -0.399 e. The van der Waals surface area contributed by atoms with E-state index in [1.54, 1.807) is 0 Å². The topological polar surface area (TPSA) is 58.3 Å². The van der Waals surface area contributed by atoms with Gasteiger partial charge in [-0.15, -0.1) is 0 Å². The molecule has 0 saturated heterocycles. The van der Waals surface area contributed by atoms with E-state index in [1.165, 1.54) is 0 Å². The maximum absolute atomic E-state index is 8.84. The zero-order valence-corrected chi connectivity index (χ0v) is 8.53. The molecule has 4 N–H and O–H groups in total. The van der Waals surface area contributed by atoms with Crippen molar-refractivity contribution < 1.29 is 5.11 Å². The molecular weight excluding hydrogens is 176 g/mol. The van der Waals surface area contributed by atoms with Crippen LogP contribution < -0.4 is 11.1 Å². The van der Waals surface area contributed by atoms with Crippen molar-refractivity contribution in [1.29, 1.82) is 0 Å². The number of anilines is 2. The second-order valence-corrected chi connectivity index (χ2v) is 3.39. The zero-order valence-electron chi connectivity index (χ0n) is 8.53. The van der Waals surface area contributed by atoms with E-state index in [-0.39, 0.29) is 6.61 Å². The Labute approximate surface area is 84.9 Å². The average Bonchev–Trinajstić information content (AvgIpc) is 2.17. The molecule has 0 fully saturated rings. The SMILES string of the molecule is CCC(CCO)Nc1cccc(N)c1. The van der Waals surface area contributed by atoms with Crippen molar-refractivity contribution >= 4 is 11.4 Å². The van der Waals surface area contributed by atoms with Gasteiger partial charge in [-0.25, -0.2) is 0 Å². The van der Waals surface area contributed by atoms with E-state index < -0.39 is 0 Å². The molecule has 0 bridgehead atoms. The summed E-state index contributed by atoms with van der Waals surface area (Å²) < 4.78 is 0. The predicted molar refractivity (Wildman–Crippen MR) is 60.3 cm³/mol. The number of aliphatic hydroxyl groups excluding tert-OH is 1. The smallest absolute Gasteiger partial charge is 0.0450 e. The molecule has 1 rings (SSSR count). The largest absolute Gasteiger partial charge is 0.399 e. The number of benzene rings is 1. The minimum atomic E-state index is 0.216. The lowest BCUT2D eigenvalue weighted by Crippen LogP contribution is -2.19. The molecule has 14 heavy (non-hydrogen) atoms. The highest BCUT2D eigenvalue weighted by molar-refractivity contribution is 5.54. The monoisotopic (exact) mass is 194 g/mol. The first-order valence-electron chi connectivity index (χ1n) is 4.99. The van der Waals surface area contributed by atoms with Gasteiger partial charge in [-0.3, -0.25) is 0 Å².